The van der Waals surface area contributed by atoms with E-state index >= 15 is 0 Å². The van der Waals surface area contributed by atoms with Crippen LogP contribution < -0.4 is 5.69 Å². The number of methoxy groups -OCH3 is 1. The van der Waals surface area contributed by atoms with Crippen LogP contribution in [0.5, 0.6) is 0 Å². The molecule has 0 fully saturated rings. The van der Waals surface area contributed by atoms with Crippen molar-refractivity contribution in [3.63, 3.8) is 0 Å². The minimum absolute atomic E-state index is 0.0803. The third kappa shape index (κ3) is 3.79. The van der Waals surface area contributed by atoms with E-state index in [2.05, 4.69) is 14.8 Å². The van der Waals surface area contributed by atoms with Crippen molar-refractivity contribution >= 4 is 11.6 Å². The molecule has 0 amide bonds. The van der Waals surface area contributed by atoms with Crippen LogP contribution in [0.25, 0.3) is 5.65 Å². The normalized spacial score (nSPS) is 12.4. The summed E-state index contributed by atoms with van der Waals surface area (Å²) in [4.78, 5) is 27.6. The Labute approximate surface area is 157 Å². The molecule has 0 aromatic carbocycles. The van der Waals surface area contributed by atoms with Crippen LogP contribution >= 0.6 is 0 Å². The van der Waals surface area contributed by atoms with Gasteiger partial charge in [-0.3, -0.25) is 4.98 Å². The second-order valence-corrected chi connectivity index (χ2v) is 5.77. The second-order valence-electron chi connectivity index (χ2n) is 5.77. The molecule has 3 heterocycles. The summed E-state index contributed by atoms with van der Waals surface area (Å²) in [5.74, 6) is -1.07. The summed E-state index contributed by atoms with van der Waals surface area (Å²) in [6.07, 6.45) is -8.72. The molecule has 13 heteroatoms. The highest BCUT2D eigenvalue weighted by molar-refractivity contribution is 5.88. The molecular weight excluding hydrogens is 410 g/mol. The number of alkyl halides is 6. The number of esters is 1. The van der Waals surface area contributed by atoms with Gasteiger partial charge in [0.25, 0.3) is 0 Å². The highest BCUT2D eigenvalue weighted by atomic mass is 19.4. The van der Waals surface area contributed by atoms with Gasteiger partial charge in [-0.2, -0.15) is 26.3 Å². The fourth-order valence-corrected chi connectivity index (χ4v) is 2.56. The Balaban J connectivity index is 2.13. The lowest BCUT2D eigenvalue weighted by Gasteiger charge is -2.09. The van der Waals surface area contributed by atoms with Gasteiger partial charge in [-0.1, -0.05) is 6.07 Å². The van der Waals surface area contributed by atoms with Crippen molar-refractivity contribution in [3.05, 3.63) is 63.5 Å². The lowest BCUT2D eigenvalue weighted by molar-refractivity contribution is -0.141. The van der Waals surface area contributed by atoms with E-state index in [0.717, 1.165) is 25.4 Å². The molecule has 3 aromatic rings. The highest BCUT2D eigenvalue weighted by Gasteiger charge is 2.36. The summed E-state index contributed by atoms with van der Waals surface area (Å²) in [6.45, 7) is -0.469. The molecule has 0 aliphatic rings. The molecular formula is C16H10F6N4O3. The quantitative estimate of drug-likeness (QED) is 0.481. The fraction of sp³-hybridized carbons (Fsp3) is 0.250. The van der Waals surface area contributed by atoms with Crippen LogP contribution in [0.15, 0.2) is 35.3 Å². The summed E-state index contributed by atoms with van der Waals surface area (Å²) < 4.78 is 83.0. The molecule has 0 bridgehead atoms. The summed E-state index contributed by atoms with van der Waals surface area (Å²) in [5, 5.41) is 3.61. The van der Waals surface area contributed by atoms with Crippen molar-refractivity contribution < 1.29 is 35.9 Å². The first-order valence-corrected chi connectivity index (χ1v) is 7.73. The third-order valence-corrected chi connectivity index (χ3v) is 3.88. The zero-order chi connectivity index (χ0) is 21.6. The molecule has 0 saturated heterocycles. The standard InChI is InChI=1S/C16H10F6N4O3/c1-29-13(27)10-4-3-9(15(17,18)19)12-24-25(14(28)26(10)12)7-8-2-5-11(23-6-8)16(20,21)22/h2-6H,7H2,1H3. The number of nitrogens with zero attached hydrogens (tertiary/aromatic N) is 4. The Morgan fingerprint density at radius 2 is 1.76 bits per heavy atom. The number of pyridine rings is 2. The lowest BCUT2D eigenvalue weighted by Crippen LogP contribution is -2.25. The van der Waals surface area contributed by atoms with Crippen molar-refractivity contribution in [3.8, 4) is 0 Å². The summed E-state index contributed by atoms with van der Waals surface area (Å²) in [6, 6.07) is 3.03. The van der Waals surface area contributed by atoms with E-state index in [1.54, 1.807) is 0 Å². The zero-order valence-electron chi connectivity index (χ0n) is 14.4. The van der Waals surface area contributed by atoms with Crippen molar-refractivity contribution in [2.75, 3.05) is 7.11 Å². The lowest BCUT2D eigenvalue weighted by atomic mass is 10.2. The van der Waals surface area contributed by atoms with Gasteiger partial charge in [-0.25, -0.2) is 18.7 Å². The molecule has 0 radical (unpaired) electrons. The third-order valence-electron chi connectivity index (χ3n) is 3.88. The first-order chi connectivity index (χ1) is 13.4. The first kappa shape index (κ1) is 20.4. The number of carbonyl (C=O) groups is 1. The number of carbonyl (C=O) groups excluding carboxylic acids is 1. The number of hydrogen-bond donors (Lipinski definition) is 0. The molecule has 154 valence electrons. The second kappa shape index (κ2) is 6.90. The van der Waals surface area contributed by atoms with Crippen LogP contribution in [-0.2, 0) is 23.6 Å². The molecule has 0 spiro atoms. The average molecular weight is 420 g/mol. The van der Waals surface area contributed by atoms with Gasteiger partial charge < -0.3 is 4.74 Å². The van der Waals surface area contributed by atoms with E-state index in [-0.39, 0.29) is 5.56 Å². The maximum atomic E-state index is 13.3. The largest absolute Gasteiger partial charge is 0.464 e. The van der Waals surface area contributed by atoms with Gasteiger partial charge in [-0.05, 0) is 23.8 Å². The predicted molar refractivity (Wildman–Crippen MR) is 84.1 cm³/mol. The van der Waals surface area contributed by atoms with Crippen LogP contribution in [0.3, 0.4) is 0 Å². The summed E-state index contributed by atoms with van der Waals surface area (Å²) >= 11 is 0. The molecule has 0 N–H and O–H groups in total. The van der Waals surface area contributed by atoms with Gasteiger partial charge in [0.15, 0.2) is 5.65 Å². The molecule has 0 saturated carbocycles. The van der Waals surface area contributed by atoms with Gasteiger partial charge in [0.05, 0.1) is 13.7 Å². The molecule has 29 heavy (non-hydrogen) atoms. The van der Waals surface area contributed by atoms with Crippen LogP contribution in [-0.4, -0.2) is 32.2 Å². The maximum absolute atomic E-state index is 13.3. The van der Waals surface area contributed by atoms with Crippen LogP contribution in [0.1, 0.15) is 27.3 Å². The Kier molecular flexibility index (Phi) is 4.84. The Hall–Kier alpha value is -3.38. The van der Waals surface area contributed by atoms with E-state index in [9.17, 15) is 35.9 Å². The number of hydrogen-bond acceptors (Lipinski definition) is 5. The van der Waals surface area contributed by atoms with Crippen LogP contribution in [0.4, 0.5) is 26.3 Å². The Morgan fingerprint density at radius 3 is 2.28 bits per heavy atom. The Morgan fingerprint density at radius 1 is 1.07 bits per heavy atom. The molecule has 0 aliphatic heterocycles. The highest BCUT2D eigenvalue weighted by Crippen LogP contribution is 2.32. The van der Waals surface area contributed by atoms with Gasteiger partial charge in [0.1, 0.15) is 17.0 Å². The van der Waals surface area contributed by atoms with E-state index < -0.39 is 53.2 Å². The molecule has 3 aromatic heterocycles. The minimum Gasteiger partial charge on any atom is -0.464 e. The Bertz CT molecular complexity index is 1130. The monoisotopic (exact) mass is 420 g/mol. The number of aromatic nitrogens is 4. The van der Waals surface area contributed by atoms with E-state index in [4.69, 9.17) is 0 Å². The predicted octanol–water partition coefficient (Wildman–Crippen LogP) is 2.76. The van der Waals surface area contributed by atoms with E-state index in [1.807, 2.05) is 0 Å². The minimum atomic E-state index is -4.87. The molecule has 3 rings (SSSR count). The SMILES string of the molecule is COC(=O)c1ccc(C(F)(F)F)c2nn(Cc3ccc(C(F)(F)F)nc3)c(=O)n12. The molecule has 0 atom stereocenters. The average Bonchev–Trinajstić information content (AvgIpc) is 2.95. The van der Waals surface area contributed by atoms with Crippen molar-refractivity contribution in [2.45, 2.75) is 18.9 Å². The molecule has 7 nitrogen and oxygen atoms in total. The molecule has 0 unspecified atom stereocenters. The smallest absolute Gasteiger partial charge is 0.433 e. The van der Waals surface area contributed by atoms with Crippen molar-refractivity contribution in [2.24, 2.45) is 0 Å². The van der Waals surface area contributed by atoms with Crippen molar-refractivity contribution in [1.29, 1.82) is 0 Å². The summed E-state index contributed by atoms with van der Waals surface area (Å²) in [5.41, 5.74) is -4.80. The van der Waals surface area contributed by atoms with E-state index in [0.29, 0.717) is 21.2 Å². The number of ether oxygens (including phenoxy) is 1. The van der Waals surface area contributed by atoms with Gasteiger partial charge in [-0.15, -0.1) is 5.10 Å². The van der Waals surface area contributed by atoms with E-state index in [1.165, 1.54) is 0 Å². The summed E-state index contributed by atoms with van der Waals surface area (Å²) in [7, 11) is 0.981. The van der Waals surface area contributed by atoms with Crippen LogP contribution in [0.2, 0.25) is 0 Å². The number of halogens is 6. The number of fused-ring (bicyclic) bond motifs is 1. The van der Waals surface area contributed by atoms with Crippen LogP contribution in [0, 0.1) is 0 Å². The maximum Gasteiger partial charge on any atom is 0.433 e. The fourth-order valence-electron chi connectivity index (χ4n) is 2.56. The number of rotatable bonds is 3. The van der Waals surface area contributed by atoms with Gasteiger partial charge in [0.2, 0.25) is 0 Å². The van der Waals surface area contributed by atoms with Gasteiger partial charge >= 0.3 is 24.0 Å². The first-order valence-electron chi connectivity index (χ1n) is 7.73. The van der Waals surface area contributed by atoms with Crippen molar-refractivity contribution in [1.82, 2.24) is 19.2 Å². The molecule has 0 aliphatic carbocycles. The zero-order valence-corrected chi connectivity index (χ0v) is 14.4. The van der Waals surface area contributed by atoms with Gasteiger partial charge in [0, 0.05) is 6.20 Å². The topological polar surface area (TPSA) is 78.5 Å².